The lowest BCUT2D eigenvalue weighted by atomic mass is 10.0. The van der Waals surface area contributed by atoms with Crippen LogP contribution in [0.3, 0.4) is 0 Å². The number of hydrogen-bond acceptors (Lipinski definition) is 3. The van der Waals surface area contributed by atoms with E-state index in [1.807, 2.05) is 86.1 Å². The van der Waals surface area contributed by atoms with Gasteiger partial charge in [-0.3, -0.25) is 9.59 Å². The minimum absolute atomic E-state index is 0.00584. The first-order valence-electron chi connectivity index (χ1n) is 9.97. The molecule has 4 aromatic rings. The molecule has 4 heteroatoms. The SMILES string of the molecule is CC(=O)c1cc2c(cc1N(C)C)c(=O)c1ccc(C)cc1n2C.Cc1ccccc1. The number of hydrogen-bond donors (Lipinski definition) is 0. The number of aryl methyl sites for hydroxylation is 3. The van der Waals surface area contributed by atoms with E-state index in [4.69, 9.17) is 0 Å². The zero-order chi connectivity index (χ0) is 22.0. The quantitative estimate of drug-likeness (QED) is 0.340. The van der Waals surface area contributed by atoms with Gasteiger partial charge in [0.2, 0.25) is 0 Å². The van der Waals surface area contributed by atoms with Crippen molar-refractivity contribution in [1.82, 2.24) is 4.57 Å². The van der Waals surface area contributed by atoms with E-state index < -0.39 is 0 Å². The summed E-state index contributed by atoms with van der Waals surface area (Å²) in [6.45, 7) is 5.64. The molecule has 1 aromatic heterocycles. The largest absolute Gasteiger partial charge is 0.377 e. The van der Waals surface area contributed by atoms with Gasteiger partial charge in [-0.25, -0.2) is 0 Å². The van der Waals surface area contributed by atoms with E-state index in [-0.39, 0.29) is 11.2 Å². The monoisotopic (exact) mass is 400 g/mol. The highest BCUT2D eigenvalue weighted by Crippen LogP contribution is 2.27. The van der Waals surface area contributed by atoms with Gasteiger partial charge in [-0.1, -0.05) is 42.0 Å². The second-order valence-electron chi connectivity index (χ2n) is 7.90. The Morgan fingerprint density at radius 1 is 0.833 bits per heavy atom. The van der Waals surface area contributed by atoms with Gasteiger partial charge in [-0.05, 0) is 50.6 Å². The molecule has 4 rings (SSSR count). The molecule has 0 saturated heterocycles. The van der Waals surface area contributed by atoms with Crippen LogP contribution < -0.4 is 10.3 Å². The Balaban J connectivity index is 0.000000310. The summed E-state index contributed by atoms with van der Waals surface area (Å²) in [7, 11) is 5.69. The molecule has 0 N–H and O–H groups in total. The normalized spacial score (nSPS) is 10.6. The molecular formula is C26H28N2O2. The average Bonchev–Trinajstić information content (AvgIpc) is 2.72. The summed E-state index contributed by atoms with van der Waals surface area (Å²) < 4.78 is 1.99. The van der Waals surface area contributed by atoms with E-state index in [1.165, 1.54) is 5.56 Å². The second-order valence-corrected chi connectivity index (χ2v) is 7.90. The van der Waals surface area contributed by atoms with Gasteiger partial charge in [0.25, 0.3) is 0 Å². The van der Waals surface area contributed by atoms with Gasteiger partial charge in [0, 0.05) is 43.2 Å². The molecule has 0 fully saturated rings. The second kappa shape index (κ2) is 8.54. The maximum atomic E-state index is 12.9. The van der Waals surface area contributed by atoms with Crippen molar-refractivity contribution in [2.24, 2.45) is 7.05 Å². The molecule has 30 heavy (non-hydrogen) atoms. The number of ketones is 1. The summed E-state index contributed by atoms with van der Waals surface area (Å²) in [4.78, 5) is 26.8. The van der Waals surface area contributed by atoms with Gasteiger partial charge in [0.1, 0.15) is 0 Å². The average molecular weight is 401 g/mol. The number of carbonyl (C=O) groups excluding carboxylic acids is 1. The Morgan fingerprint density at radius 3 is 2.00 bits per heavy atom. The molecule has 0 saturated carbocycles. The van der Waals surface area contributed by atoms with Gasteiger partial charge in [0.05, 0.1) is 11.0 Å². The fraction of sp³-hybridized carbons (Fsp3) is 0.231. The first-order chi connectivity index (χ1) is 14.2. The molecule has 0 atom stereocenters. The van der Waals surface area contributed by atoms with Crippen molar-refractivity contribution in [3.05, 3.63) is 87.6 Å². The van der Waals surface area contributed by atoms with Crippen LogP contribution in [-0.4, -0.2) is 24.4 Å². The van der Waals surface area contributed by atoms with E-state index >= 15 is 0 Å². The van der Waals surface area contributed by atoms with Crippen molar-refractivity contribution in [2.45, 2.75) is 20.8 Å². The van der Waals surface area contributed by atoms with Crippen LogP contribution in [0.4, 0.5) is 5.69 Å². The van der Waals surface area contributed by atoms with Crippen LogP contribution >= 0.6 is 0 Å². The summed E-state index contributed by atoms with van der Waals surface area (Å²) in [5.74, 6) is -0.00705. The highest BCUT2D eigenvalue weighted by atomic mass is 16.1. The van der Waals surface area contributed by atoms with Crippen LogP contribution in [0.2, 0.25) is 0 Å². The highest BCUT2D eigenvalue weighted by molar-refractivity contribution is 6.05. The Labute approximate surface area is 177 Å². The standard InChI is InChI=1S/C19H20N2O2.C7H8/c1-11-6-7-13-17(8-11)21(5)18-9-14(12(2)22)16(20(3)4)10-15(18)19(13)23;1-7-5-3-2-4-6-7/h6-10H,1-5H3;2-6H,1H3. The molecule has 0 aliphatic rings. The minimum Gasteiger partial charge on any atom is -0.377 e. The molecule has 154 valence electrons. The summed E-state index contributed by atoms with van der Waals surface area (Å²) in [5, 5.41) is 1.34. The molecule has 3 aromatic carbocycles. The first kappa shape index (κ1) is 21.3. The topological polar surface area (TPSA) is 42.3 Å². The number of benzene rings is 3. The van der Waals surface area contributed by atoms with Crippen molar-refractivity contribution < 1.29 is 4.79 Å². The van der Waals surface area contributed by atoms with Crippen LogP contribution in [0.5, 0.6) is 0 Å². The summed E-state index contributed by atoms with van der Waals surface area (Å²) >= 11 is 0. The lowest BCUT2D eigenvalue weighted by Crippen LogP contribution is -2.16. The predicted octanol–water partition coefficient (Wildman–Crippen LogP) is 5.26. The Kier molecular flexibility index (Phi) is 6.06. The Bertz CT molecular complexity index is 1290. The molecule has 0 unspecified atom stereocenters. The fourth-order valence-electron chi connectivity index (χ4n) is 3.61. The van der Waals surface area contributed by atoms with Crippen LogP contribution in [0, 0.1) is 13.8 Å². The Hall–Kier alpha value is -3.40. The molecule has 0 radical (unpaired) electrons. The van der Waals surface area contributed by atoms with Crippen molar-refractivity contribution in [3.63, 3.8) is 0 Å². The number of fused-ring (bicyclic) bond motifs is 2. The van der Waals surface area contributed by atoms with E-state index in [0.717, 1.165) is 22.3 Å². The molecule has 0 bridgehead atoms. The van der Waals surface area contributed by atoms with Crippen LogP contribution in [-0.2, 0) is 7.05 Å². The third-order valence-corrected chi connectivity index (χ3v) is 5.28. The van der Waals surface area contributed by atoms with Gasteiger partial charge in [0.15, 0.2) is 11.2 Å². The summed E-state index contributed by atoms with van der Waals surface area (Å²) in [6.07, 6.45) is 0. The third-order valence-electron chi connectivity index (χ3n) is 5.28. The van der Waals surface area contributed by atoms with Crippen molar-refractivity contribution >= 4 is 33.3 Å². The van der Waals surface area contributed by atoms with Crippen LogP contribution in [0.25, 0.3) is 21.8 Å². The lowest BCUT2D eigenvalue weighted by Gasteiger charge is -2.19. The number of anilines is 1. The van der Waals surface area contributed by atoms with Gasteiger partial charge in [-0.2, -0.15) is 0 Å². The maximum absolute atomic E-state index is 12.9. The predicted molar refractivity (Wildman–Crippen MR) is 127 cm³/mol. The number of aromatic nitrogens is 1. The van der Waals surface area contributed by atoms with Crippen LogP contribution in [0.15, 0.2) is 65.5 Å². The third kappa shape index (κ3) is 4.13. The molecule has 0 aliphatic heterocycles. The number of Topliss-reactive ketones (excluding diaryl/α,β-unsaturated/α-hetero) is 1. The van der Waals surface area contributed by atoms with E-state index in [2.05, 4.69) is 19.1 Å². The molecule has 4 nitrogen and oxygen atoms in total. The first-order valence-corrected chi connectivity index (χ1v) is 9.97. The minimum atomic E-state index is -0.00705. The Morgan fingerprint density at radius 2 is 1.47 bits per heavy atom. The smallest absolute Gasteiger partial charge is 0.197 e. The van der Waals surface area contributed by atoms with Crippen molar-refractivity contribution in [1.29, 1.82) is 0 Å². The van der Waals surface area contributed by atoms with Crippen LogP contribution in [0.1, 0.15) is 28.4 Å². The molecular weight excluding hydrogens is 372 g/mol. The summed E-state index contributed by atoms with van der Waals surface area (Å²) in [6, 6.07) is 19.7. The zero-order valence-electron chi connectivity index (χ0n) is 18.5. The molecule has 0 amide bonds. The molecule has 0 spiro atoms. The number of pyridine rings is 1. The fourth-order valence-corrected chi connectivity index (χ4v) is 3.61. The van der Waals surface area contributed by atoms with Crippen molar-refractivity contribution in [3.8, 4) is 0 Å². The molecule has 1 heterocycles. The van der Waals surface area contributed by atoms with Gasteiger partial charge in [-0.15, -0.1) is 0 Å². The summed E-state index contributed by atoms with van der Waals surface area (Å²) in [5.41, 5.74) is 5.49. The van der Waals surface area contributed by atoms with E-state index in [1.54, 1.807) is 6.92 Å². The lowest BCUT2D eigenvalue weighted by molar-refractivity contribution is 0.101. The number of carbonyl (C=O) groups is 1. The number of rotatable bonds is 2. The van der Waals surface area contributed by atoms with Gasteiger partial charge < -0.3 is 9.47 Å². The number of nitrogens with zero attached hydrogens (tertiary/aromatic N) is 2. The van der Waals surface area contributed by atoms with Crippen molar-refractivity contribution in [2.75, 3.05) is 19.0 Å². The molecule has 0 aliphatic carbocycles. The van der Waals surface area contributed by atoms with E-state index in [0.29, 0.717) is 16.3 Å². The maximum Gasteiger partial charge on any atom is 0.197 e. The van der Waals surface area contributed by atoms with Gasteiger partial charge >= 0.3 is 0 Å². The highest BCUT2D eigenvalue weighted by Gasteiger charge is 2.16. The van der Waals surface area contributed by atoms with E-state index in [9.17, 15) is 9.59 Å². The zero-order valence-corrected chi connectivity index (χ0v) is 18.5.